The minimum Gasteiger partial charge on any atom is -0.330 e. The molecule has 0 spiro atoms. The first-order valence-corrected chi connectivity index (χ1v) is 7.29. The molecule has 0 bridgehead atoms. The zero-order valence-electron chi connectivity index (χ0n) is 13.4. The van der Waals surface area contributed by atoms with Crippen molar-refractivity contribution in [3.05, 3.63) is 34.9 Å². The molecule has 0 aliphatic carbocycles. The molecule has 2 unspecified atom stereocenters. The Morgan fingerprint density at radius 1 is 1.26 bits per heavy atom. The Bertz CT molecular complexity index is 404. The second-order valence-corrected chi connectivity index (χ2v) is 6.64. The van der Waals surface area contributed by atoms with E-state index in [2.05, 4.69) is 58.1 Å². The van der Waals surface area contributed by atoms with Crippen LogP contribution in [0.25, 0.3) is 0 Å². The molecule has 3 N–H and O–H groups in total. The lowest BCUT2D eigenvalue weighted by Crippen LogP contribution is -2.26. The van der Waals surface area contributed by atoms with Crippen LogP contribution in [0.2, 0.25) is 0 Å². The third-order valence-electron chi connectivity index (χ3n) is 3.98. The molecule has 1 aromatic rings. The number of nitrogens with one attached hydrogen (secondary N) is 1. The van der Waals surface area contributed by atoms with Crippen LogP contribution in [0.3, 0.4) is 0 Å². The van der Waals surface area contributed by atoms with Crippen LogP contribution in [-0.2, 0) is 5.41 Å². The van der Waals surface area contributed by atoms with Crippen molar-refractivity contribution in [3.63, 3.8) is 0 Å². The molecule has 2 heteroatoms. The number of hydrogen-bond donors (Lipinski definition) is 2. The molecule has 1 aromatic carbocycles. The summed E-state index contributed by atoms with van der Waals surface area (Å²) in [7, 11) is 2.04. The lowest BCUT2D eigenvalue weighted by molar-refractivity contribution is 0.390. The maximum Gasteiger partial charge on any atom is 0.0346 e. The van der Waals surface area contributed by atoms with E-state index >= 15 is 0 Å². The summed E-state index contributed by atoms with van der Waals surface area (Å²) < 4.78 is 0. The van der Waals surface area contributed by atoms with Gasteiger partial charge in [0.2, 0.25) is 0 Å². The number of benzene rings is 1. The Hall–Kier alpha value is -0.860. The molecule has 0 heterocycles. The van der Waals surface area contributed by atoms with Crippen LogP contribution in [0.15, 0.2) is 18.2 Å². The average molecular weight is 262 g/mol. The lowest BCUT2D eigenvalue weighted by Gasteiger charge is -2.28. The molecule has 0 saturated carbocycles. The highest BCUT2D eigenvalue weighted by atomic mass is 14.9. The summed E-state index contributed by atoms with van der Waals surface area (Å²) >= 11 is 0. The molecule has 19 heavy (non-hydrogen) atoms. The largest absolute Gasteiger partial charge is 0.330 e. The van der Waals surface area contributed by atoms with Crippen molar-refractivity contribution < 1.29 is 0 Å². The third-order valence-corrected chi connectivity index (χ3v) is 3.98. The van der Waals surface area contributed by atoms with Crippen LogP contribution >= 0.6 is 0 Å². The fraction of sp³-hybridized carbons (Fsp3) is 0.647. The van der Waals surface area contributed by atoms with Gasteiger partial charge < -0.3 is 11.1 Å². The van der Waals surface area contributed by atoms with Crippen molar-refractivity contribution in [1.29, 1.82) is 0 Å². The average Bonchev–Trinajstić information content (AvgIpc) is 2.31. The molecule has 2 nitrogen and oxygen atoms in total. The fourth-order valence-electron chi connectivity index (χ4n) is 2.62. The van der Waals surface area contributed by atoms with Gasteiger partial charge in [0.05, 0.1) is 0 Å². The standard InChI is InChI=1S/C17H30N2/c1-12-7-8-14(17(3,4)5)11-15(12)16(19-6)13(2)9-10-18/h7-8,11,13,16,19H,9-10,18H2,1-6H3. The molecule has 0 fully saturated rings. The second kappa shape index (κ2) is 6.53. The van der Waals surface area contributed by atoms with Gasteiger partial charge in [0, 0.05) is 6.04 Å². The van der Waals surface area contributed by atoms with Gasteiger partial charge in [-0.2, -0.15) is 0 Å². The first-order chi connectivity index (χ1) is 8.81. The van der Waals surface area contributed by atoms with Gasteiger partial charge in [-0.1, -0.05) is 45.9 Å². The number of aryl methyl sites for hydroxylation is 1. The highest BCUT2D eigenvalue weighted by molar-refractivity contribution is 5.36. The fourth-order valence-corrected chi connectivity index (χ4v) is 2.62. The van der Waals surface area contributed by atoms with Crippen molar-refractivity contribution in [1.82, 2.24) is 5.32 Å². The van der Waals surface area contributed by atoms with Gasteiger partial charge in [-0.25, -0.2) is 0 Å². The first kappa shape index (κ1) is 16.2. The molecule has 108 valence electrons. The van der Waals surface area contributed by atoms with Crippen molar-refractivity contribution in [2.24, 2.45) is 11.7 Å². The molecular formula is C17H30N2. The van der Waals surface area contributed by atoms with E-state index in [4.69, 9.17) is 5.73 Å². The molecule has 1 rings (SSSR count). The van der Waals surface area contributed by atoms with Gasteiger partial charge in [-0.05, 0) is 55.0 Å². The SMILES string of the molecule is CNC(c1cc(C(C)(C)C)ccc1C)C(C)CCN. The number of rotatable bonds is 5. The minimum absolute atomic E-state index is 0.192. The topological polar surface area (TPSA) is 38.0 Å². The lowest BCUT2D eigenvalue weighted by atomic mass is 9.82. The Morgan fingerprint density at radius 3 is 2.37 bits per heavy atom. The van der Waals surface area contributed by atoms with E-state index in [1.165, 1.54) is 16.7 Å². The van der Waals surface area contributed by atoms with Crippen molar-refractivity contribution in [2.75, 3.05) is 13.6 Å². The van der Waals surface area contributed by atoms with Crippen LogP contribution in [0.5, 0.6) is 0 Å². The van der Waals surface area contributed by atoms with E-state index < -0.39 is 0 Å². The van der Waals surface area contributed by atoms with Crippen molar-refractivity contribution in [3.8, 4) is 0 Å². The maximum atomic E-state index is 5.71. The van der Waals surface area contributed by atoms with Gasteiger partial charge in [-0.3, -0.25) is 0 Å². The smallest absolute Gasteiger partial charge is 0.0346 e. The highest BCUT2D eigenvalue weighted by Gasteiger charge is 2.21. The van der Waals surface area contributed by atoms with E-state index in [1.54, 1.807) is 0 Å². The first-order valence-electron chi connectivity index (χ1n) is 7.29. The molecular weight excluding hydrogens is 232 g/mol. The van der Waals surface area contributed by atoms with Gasteiger partial charge >= 0.3 is 0 Å². The molecule has 2 atom stereocenters. The minimum atomic E-state index is 0.192. The number of nitrogens with two attached hydrogens (primary N) is 1. The Labute approximate surface area is 118 Å². The highest BCUT2D eigenvalue weighted by Crippen LogP contribution is 2.31. The predicted molar refractivity (Wildman–Crippen MR) is 84.5 cm³/mol. The normalized spacial score (nSPS) is 15.3. The Balaban J connectivity index is 3.16. The molecule has 0 amide bonds. The summed E-state index contributed by atoms with van der Waals surface area (Å²) in [5, 5.41) is 3.47. The van der Waals surface area contributed by atoms with E-state index in [-0.39, 0.29) is 5.41 Å². The predicted octanol–water partition coefficient (Wildman–Crippen LogP) is 3.54. The molecule has 0 aliphatic rings. The zero-order valence-corrected chi connectivity index (χ0v) is 13.4. The summed E-state index contributed by atoms with van der Waals surface area (Å²) in [6.45, 7) is 12.0. The van der Waals surface area contributed by atoms with Crippen LogP contribution in [0.1, 0.15) is 56.8 Å². The molecule has 0 radical (unpaired) electrons. The Kier molecular flexibility index (Phi) is 5.57. The number of hydrogen-bond acceptors (Lipinski definition) is 2. The van der Waals surface area contributed by atoms with Gasteiger partial charge in [0.25, 0.3) is 0 Å². The molecule has 0 saturated heterocycles. The van der Waals surface area contributed by atoms with E-state index in [9.17, 15) is 0 Å². The van der Waals surface area contributed by atoms with Gasteiger partial charge in [0.15, 0.2) is 0 Å². The van der Waals surface area contributed by atoms with Crippen LogP contribution in [-0.4, -0.2) is 13.6 Å². The van der Waals surface area contributed by atoms with Crippen LogP contribution < -0.4 is 11.1 Å². The zero-order chi connectivity index (χ0) is 14.6. The summed E-state index contributed by atoms with van der Waals surface area (Å²) in [4.78, 5) is 0. The summed E-state index contributed by atoms with van der Waals surface area (Å²) in [6, 6.07) is 7.24. The Morgan fingerprint density at radius 2 is 1.89 bits per heavy atom. The van der Waals surface area contributed by atoms with Gasteiger partial charge in [-0.15, -0.1) is 0 Å². The van der Waals surface area contributed by atoms with Crippen molar-refractivity contribution in [2.45, 2.75) is 52.5 Å². The van der Waals surface area contributed by atoms with Crippen LogP contribution in [0.4, 0.5) is 0 Å². The second-order valence-electron chi connectivity index (χ2n) is 6.64. The van der Waals surface area contributed by atoms with E-state index in [0.29, 0.717) is 12.0 Å². The summed E-state index contributed by atoms with van der Waals surface area (Å²) in [5.41, 5.74) is 10.1. The molecule has 0 aliphatic heterocycles. The monoisotopic (exact) mass is 262 g/mol. The maximum absolute atomic E-state index is 5.71. The van der Waals surface area contributed by atoms with E-state index in [0.717, 1.165) is 13.0 Å². The summed E-state index contributed by atoms with van der Waals surface area (Å²) in [5.74, 6) is 0.545. The van der Waals surface area contributed by atoms with Crippen LogP contribution in [0, 0.1) is 12.8 Å². The van der Waals surface area contributed by atoms with Gasteiger partial charge in [0.1, 0.15) is 0 Å². The summed E-state index contributed by atoms with van der Waals surface area (Å²) in [6.07, 6.45) is 1.05. The third kappa shape index (κ3) is 4.05. The quantitative estimate of drug-likeness (QED) is 0.852. The van der Waals surface area contributed by atoms with Crippen molar-refractivity contribution >= 4 is 0 Å². The van der Waals surface area contributed by atoms with E-state index in [1.807, 2.05) is 7.05 Å². The molecule has 0 aromatic heterocycles.